The predicted octanol–water partition coefficient (Wildman–Crippen LogP) is 5.16. The summed E-state index contributed by atoms with van der Waals surface area (Å²) >= 11 is 0. The van der Waals surface area contributed by atoms with Crippen LogP contribution < -0.4 is 0 Å². The molecule has 3 aliphatic carbocycles. The zero-order valence-electron chi connectivity index (χ0n) is 20.4. The molecule has 0 aromatic heterocycles. The van der Waals surface area contributed by atoms with E-state index in [9.17, 15) is 15.3 Å². The largest absolute Gasteiger partial charge is 0.392 e. The Balaban J connectivity index is 1.66. The minimum absolute atomic E-state index is 0.0104. The number of fused-ring (bicyclic) bond motifs is 1. The van der Waals surface area contributed by atoms with Gasteiger partial charge in [-0.1, -0.05) is 37.1 Å². The van der Waals surface area contributed by atoms with Crippen LogP contribution in [0.1, 0.15) is 92.4 Å². The van der Waals surface area contributed by atoms with Crippen molar-refractivity contribution in [1.29, 1.82) is 0 Å². The molecule has 0 saturated heterocycles. The number of aliphatic hydroxyl groups is 3. The molecule has 31 heavy (non-hydrogen) atoms. The van der Waals surface area contributed by atoms with Gasteiger partial charge in [0.2, 0.25) is 0 Å². The second-order valence-corrected chi connectivity index (χ2v) is 11.4. The minimum atomic E-state index is -0.673. The van der Waals surface area contributed by atoms with Gasteiger partial charge in [-0.05, 0) is 95.8 Å². The fourth-order valence-electron chi connectivity index (χ4n) is 6.75. The van der Waals surface area contributed by atoms with Crippen LogP contribution in [0.4, 0.5) is 0 Å². The van der Waals surface area contributed by atoms with Crippen molar-refractivity contribution >= 4 is 0 Å². The van der Waals surface area contributed by atoms with Gasteiger partial charge in [0.25, 0.3) is 0 Å². The van der Waals surface area contributed by atoms with Crippen molar-refractivity contribution < 1.29 is 20.1 Å². The standard InChI is InChI=1S/C27H46O4/c1-6-21-24(28)16-19(17-25(21)29)9-10-20-8-7-13-27(5)22(11-12-23(20)27)18(2)31-15-14-26(3,4)30/h9-10,18,21-25,28-30H,6-8,11-17H2,1-5H3/b19-9?,20-10+/t18-,21?,22?,23?,24-,25?,27?/m1/s1. The van der Waals surface area contributed by atoms with Crippen LogP contribution in [-0.4, -0.2) is 45.8 Å². The summed E-state index contributed by atoms with van der Waals surface area (Å²) in [6.45, 7) is 11.0. The van der Waals surface area contributed by atoms with E-state index in [-0.39, 0.29) is 17.4 Å². The number of hydrogen-bond donors (Lipinski definition) is 3. The van der Waals surface area contributed by atoms with E-state index < -0.39 is 17.8 Å². The molecule has 3 rings (SSSR count). The van der Waals surface area contributed by atoms with Gasteiger partial charge in [0.05, 0.1) is 23.9 Å². The molecular weight excluding hydrogens is 388 g/mol. The van der Waals surface area contributed by atoms with Gasteiger partial charge in [-0.15, -0.1) is 0 Å². The number of allylic oxidation sites excluding steroid dienone is 3. The highest BCUT2D eigenvalue weighted by molar-refractivity contribution is 5.26. The monoisotopic (exact) mass is 434 g/mol. The Kier molecular flexibility index (Phi) is 8.11. The van der Waals surface area contributed by atoms with Crippen LogP contribution in [0, 0.1) is 23.2 Å². The van der Waals surface area contributed by atoms with Crippen LogP contribution >= 0.6 is 0 Å². The molecule has 4 heteroatoms. The zero-order valence-corrected chi connectivity index (χ0v) is 20.4. The molecule has 3 N–H and O–H groups in total. The quantitative estimate of drug-likeness (QED) is 0.517. The number of ether oxygens (including phenoxy) is 1. The maximum absolute atomic E-state index is 10.4. The summed E-state index contributed by atoms with van der Waals surface area (Å²) in [5.41, 5.74) is 2.33. The van der Waals surface area contributed by atoms with E-state index in [1.807, 2.05) is 20.8 Å². The Morgan fingerprint density at radius 3 is 2.45 bits per heavy atom. The summed E-state index contributed by atoms with van der Waals surface area (Å²) in [6, 6.07) is 0. The molecule has 0 bridgehead atoms. The van der Waals surface area contributed by atoms with Gasteiger partial charge in [-0.2, -0.15) is 0 Å². The van der Waals surface area contributed by atoms with Crippen molar-refractivity contribution in [1.82, 2.24) is 0 Å². The van der Waals surface area contributed by atoms with Gasteiger partial charge in [0, 0.05) is 12.5 Å². The highest BCUT2D eigenvalue weighted by Gasteiger charge is 2.51. The molecule has 5 unspecified atom stereocenters. The Hall–Kier alpha value is -0.680. The first-order chi connectivity index (χ1) is 14.5. The third-order valence-electron chi connectivity index (χ3n) is 8.63. The fraction of sp³-hybridized carbons (Fsp3) is 0.852. The topological polar surface area (TPSA) is 69.9 Å². The van der Waals surface area contributed by atoms with Crippen LogP contribution in [0.2, 0.25) is 0 Å². The number of rotatable bonds is 7. The van der Waals surface area contributed by atoms with Crippen molar-refractivity contribution in [3.05, 3.63) is 23.3 Å². The van der Waals surface area contributed by atoms with Gasteiger partial charge in [0.15, 0.2) is 0 Å². The molecule has 0 aliphatic heterocycles. The maximum atomic E-state index is 10.4. The lowest BCUT2D eigenvalue weighted by molar-refractivity contribution is -0.0454. The van der Waals surface area contributed by atoms with E-state index in [0.717, 1.165) is 12.8 Å². The maximum Gasteiger partial charge on any atom is 0.0630 e. The molecule has 0 aromatic carbocycles. The lowest BCUT2D eigenvalue weighted by atomic mass is 9.62. The molecule has 0 heterocycles. The van der Waals surface area contributed by atoms with Crippen molar-refractivity contribution in [3.8, 4) is 0 Å². The molecular formula is C27H46O4. The molecule has 178 valence electrons. The first kappa shape index (κ1) is 25.0. The van der Waals surface area contributed by atoms with E-state index in [1.165, 1.54) is 31.3 Å². The molecule has 0 aromatic rings. The zero-order chi connectivity index (χ0) is 22.8. The van der Waals surface area contributed by atoms with Crippen LogP contribution in [-0.2, 0) is 4.74 Å². The first-order valence-corrected chi connectivity index (χ1v) is 12.6. The molecule has 4 nitrogen and oxygen atoms in total. The van der Waals surface area contributed by atoms with Gasteiger partial charge >= 0.3 is 0 Å². The third kappa shape index (κ3) is 5.82. The number of aliphatic hydroxyl groups excluding tert-OH is 2. The SMILES string of the molecule is CCC1C(O)CC(=C/C=C2\CCCC3(C)C2CCC3[C@@H](C)OCCC(C)(C)O)C[C@H]1O. The Labute approximate surface area is 189 Å². The van der Waals surface area contributed by atoms with Crippen LogP contribution in [0.5, 0.6) is 0 Å². The lowest BCUT2D eigenvalue weighted by Gasteiger charge is -2.44. The molecule has 0 spiro atoms. The Morgan fingerprint density at radius 1 is 1.16 bits per heavy atom. The predicted molar refractivity (Wildman–Crippen MR) is 126 cm³/mol. The minimum Gasteiger partial charge on any atom is -0.392 e. The van der Waals surface area contributed by atoms with Crippen molar-refractivity contribution in [3.63, 3.8) is 0 Å². The van der Waals surface area contributed by atoms with Gasteiger partial charge in [0.1, 0.15) is 0 Å². The second kappa shape index (κ2) is 10.1. The molecule has 3 saturated carbocycles. The van der Waals surface area contributed by atoms with Crippen molar-refractivity contribution in [2.75, 3.05) is 6.61 Å². The summed E-state index contributed by atoms with van der Waals surface area (Å²) in [4.78, 5) is 0. The summed E-state index contributed by atoms with van der Waals surface area (Å²) in [7, 11) is 0. The van der Waals surface area contributed by atoms with E-state index in [0.29, 0.717) is 37.7 Å². The fourth-order valence-corrected chi connectivity index (χ4v) is 6.75. The van der Waals surface area contributed by atoms with Gasteiger partial charge in [-0.3, -0.25) is 0 Å². The lowest BCUT2D eigenvalue weighted by Crippen LogP contribution is -2.39. The Morgan fingerprint density at radius 2 is 1.84 bits per heavy atom. The Bertz CT molecular complexity index is 647. The van der Waals surface area contributed by atoms with Crippen molar-refractivity contribution in [2.24, 2.45) is 23.2 Å². The van der Waals surface area contributed by atoms with Crippen LogP contribution in [0.15, 0.2) is 23.3 Å². The molecule has 7 atom stereocenters. The molecule has 3 aliphatic rings. The average Bonchev–Trinajstić information content (AvgIpc) is 3.02. The second-order valence-electron chi connectivity index (χ2n) is 11.4. The van der Waals surface area contributed by atoms with Crippen LogP contribution in [0.25, 0.3) is 0 Å². The smallest absolute Gasteiger partial charge is 0.0630 e. The highest BCUT2D eigenvalue weighted by atomic mass is 16.5. The van der Waals surface area contributed by atoms with Gasteiger partial charge < -0.3 is 20.1 Å². The summed E-state index contributed by atoms with van der Waals surface area (Å²) in [6.07, 6.45) is 12.8. The van der Waals surface area contributed by atoms with E-state index in [1.54, 1.807) is 5.57 Å². The van der Waals surface area contributed by atoms with E-state index in [4.69, 9.17) is 4.74 Å². The summed E-state index contributed by atoms with van der Waals surface area (Å²) < 4.78 is 6.20. The van der Waals surface area contributed by atoms with Crippen LogP contribution in [0.3, 0.4) is 0 Å². The third-order valence-corrected chi connectivity index (χ3v) is 8.63. The summed E-state index contributed by atoms with van der Waals surface area (Å²) in [5, 5.41) is 30.8. The summed E-state index contributed by atoms with van der Waals surface area (Å²) in [5.74, 6) is 1.17. The van der Waals surface area contributed by atoms with E-state index in [2.05, 4.69) is 26.0 Å². The van der Waals surface area contributed by atoms with Crippen molar-refractivity contribution in [2.45, 2.75) is 116 Å². The highest BCUT2D eigenvalue weighted by Crippen LogP contribution is 2.58. The van der Waals surface area contributed by atoms with E-state index >= 15 is 0 Å². The average molecular weight is 435 g/mol. The molecule has 3 fully saturated rings. The molecule has 0 amide bonds. The van der Waals surface area contributed by atoms with Gasteiger partial charge in [-0.25, -0.2) is 0 Å². The number of hydrogen-bond acceptors (Lipinski definition) is 4. The normalized spacial score (nSPS) is 40.3. The molecule has 0 radical (unpaired) electrons. The first-order valence-electron chi connectivity index (χ1n) is 12.6.